The summed E-state index contributed by atoms with van der Waals surface area (Å²) in [5, 5.41) is 35.6. The van der Waals surface area contributed by atoms with Gasteiger partial charge in [-0.2, -0.15) is 5.10 Å². The number of aromatic nitrogens is 2. The summed E-state index contributed by atoms with van der Waals surface area (Å²) in [7, 11) is 0. The molecule has 0 saturated heterocycles. The first kappa shape index (κ1) is 26.7. The molecule has 0 fully saturated rings. The third-order valence-corrected chi connectivity index (χ3v) is 6.14. The zero-order valence-electron chi connectivity index (χ0n) is 19.0. The molecule has 0 amide bonds. The Hall–Kier alpha value is -1.51. The first-order chi connectivity index (χ1) is 14.8. The molecule has 0 saturated carbocycles. The van der Waals surface area contributed by atoms with E-state index in [9.17, 15) is 24.5 Å². The summed E-state index contributed by atoms with van der Waals surface area (Å²) >= 11 is 0. The van der Waals surface area contributed by atoms with Gasteiger partial charge in [0.2, 0.25) is 0 Å². The van der Waals surface area contributed by atoms with Crippen LogP contribution in [-0.4, -0.2) is 38.2 Å². The second-order valence-electron chi connectivity index (χ2n) is 8.41. The van der Waals surface area contributed by atoms with Crippen LogP contribution in [0.4, 0.5) is 4.39 Å². The van der Waals surface area contributed by atoms with Gasteiger partial charge in [-0.1, -0.05) is 26.3 Å². The molecule has 1 aromatic carbocycles. The van der Waals surface area contributed by atoms with Crippen LogP contribution in [0.5, 0.6) is 0 Å². The number of fused-ring (bicyclic) bond motifs is 1. The quantitative estimate of drug-likeness (QED) is 0.511. The summed E-state index contributed by atoms with van der Waals surface area (Å²) < 4.78 is 15.2. The molecular weight excluding hydrogens is 422 g/mol. The van der Waals surface area contributed by atoms with E-state index in [1.165, 1.54) is 12.1 Å². The van der Waals surface area contributed by atoms with Crippen molar-refractivity contribution in [1.82, 2.24) is 9.78 Å². The van der Waals surface area contributed by atoms with Crippen LogP contribution in [0.2, 0.25) is 0 Å². The van der Waals surface area contributed by atoms with Gasteiger partial charge in [-0.3, -0.25) is 0 Å². The Morgan fingerprint density at radius 2 is 2.03 bits per heavy atom. The number of carbonyl (C=O) groups excluding carboxylic acids is 1. The van der Waals surface area contributed by atoms with Gasteiger partial charge in [-0.25, -0.2) is 9.07 Å². The Labute approximate surface area is 210 Å². The molecule has 32 heavy (non-hydrogen) atoms. The zero-order valence-corrected chi connectivity index (χ0v) is 21.0. The number of aliphatic hydroxyl groups is 2. The van der Waals surface area contributed by atoms with Gasteiger partial charge in [-0.05, 0) is 55.5 Å². The van der Waals surface area contributed by atoms with Crippen molar-refractivity contribution in [1.29, 1.82) is 0 Å². The zero-order chi connectivity index (χ0) is 22.5. The Morgan fingerprint density at radius 3 is 2.66 bits per heavy atom. The Balaban J connectivity index is 0.00000363. The molecule has 2 unspecified atom stereocenters. The van der Waals surface area contributed by atoms with Crippen molar-refractivity contribution >= 4 is 12.0 Å². The minimum absolute atomic E-state index is 0. The van der Waals surface area contributed by atoms with Gasteiger partial charge in [0.05, 0.1) is 29.3 Å². The molecule has 2 N–H and O–H groups in total. The van der Waals surface area contributed by atoms with Crippen molar-refractivity contribution in [3.63, 3.8) is 0 Å². The number of rotatable bonds is 9. The molecule has 1 heterocycles. The van der Waals surface area contributed by atoms with Crippen molar-refractivity contribution < 1.29 is 54.1 Å². The van der Waals surface area contributed by atoms with E-state index in [1.807, 2.05) is 0 Å². The molecule has 6 nitrogen and oxygen atoms in total. The van der Waals surface area contributed by atoms with E-state index in [2.05, 4.69) is 13.8 Å². The second-order valence-corrected chi connectivity index (χ2v) is 8.41. The maximum atomic E-state index is 13.5. The van der Waals surface area contributed by atoms with E-state index in [4.69, 9.17) is 5.10 Å². The average Bonchev–Trinajstić information content (AvgIpc) is 3.10. The van der Waals surface area contributed by atoms with Gasteiger partial charge < -0.3 is 20.1 Å². The molecule has 4 atom stereocenters. The largest absolute Gasteiger partial charge is 1.00 e. The van der Waals surface area contributed by atoms with Crippen molar-refractivity contribution in [3.05, 3.63) is 53.1 Å². The predicted molar refractivity (Wildman–Crippen MR) is 114 cm³/mol. The summed E-state index contributed by atoms with van der Waals surface area (Å²) in [4.78, 5) is 10.6. The first-order valence-electron chi connectivity index (χ1n) is 10.9. The van der Waals surface area contributed by atoms with Gasteiger partial charge in [0.15, 0.2) is 0 Å². The fraction of sp³-hybridized carbons (Fsp3) is 0.500. The smallest absolute Gasteiger partial charge is 0.550 e. The summed E-state index contributed by atoms with van der Waals surface area (Å²) in [5.74, 6) is -0.856. The van der Waals surface area contributed by atoms with Gasteiger partial charge in [0.25, 0.3) is 0 Å². The molecule has 3 rings (SSSR count). The van der Waals surface area contributed by atoms with Crippen LogP contribution < -0.4 is 34.7 Å². The maximum absolute atomic E-state index is 13.5. The molecule has 0 spiro atoms. The van der Waals surface area contributed by atoms with Gasteiger partial charge in [0.1, 0.15) is 5.82 Å². The van der Waals surface area contributed by atoms with Crippen LogP contribution >= 0.6 is 0 Å². The predicted octanol–water partition coefficient (Wildman–Crippen LogP) is -0.253. The Bertz CT molecular complexity index is 929. The van der Waals surface area contributed by atoms with E-state index >= 15 is 0 Å². The number of aliphatic carboxylic acids is 1. The van der Waals surface area contributed by atoms with Crippen molar-refractivity contribution in [2.75, 3.05) is 0 Å². The van der Waals surface area contributed by atoms with E-state index in [-0.39, 0.29) is 41.8 Å². The molecule has 168 valence electrons. The van der Waals surface area contributed by atoms with Crippen molar-refractivity contribution in [3.8, 4) is 5.69 Å². The molecule has 1 aromatic heterocycles. The standard InChI is InChI=1S/C24H31FN2O4.Na/c1-3-15(2)20-5-4-6-21-22(12-11-18(28)13-19(29)14-23(30)31)27(26-24(20)21)17-9-7-16(25)8-10-17;/h7-12,15,18-20,28-29H,3-6,13-14H2,1-2H3,(H,30,31);/q;+1/p-1/b12-11+;/t15?,18-,19-,20?;/m1./s1. The fourth-order valence-electron chi connectivity index (χ4n) is 4.29. The summed E-state index contributed by atoms with van der Waals surface area (Å²) in [6.45, 7) is 4.40. The molecule has 8 heteroatoms. The number of carbonyl (C=O) groups is 1. The minimum Gasteiger partial charge on any atom is -0.550 e. The van der Waals surface area contributed by atoms with Gasteiger partial charge in [-0.15, -0.1) is 0 Å². The minimum atomic E-state index is -1.36. The van der Waals surface area contributed by atoms with Crippen LogP contribution in [0.25, 0.3) is 11.8 Å². The Morgan fingerprint density at radius 1 is 1.34 bits per heavy atom. The number of aliphatic hydroxyl groups excluding tert-OH is 2. The van der Waals surface area contributed by atoms with Crippen LogP contribution in [0, 0.1) is 11.7 Å². The van der Waals surface area contributed by atoms with Crippen molar-refractivity contribution in [2.24, 2.45) is 5.92 Å². The number of carboxylic acid groups (broad SMARTS) is 1. The van der Waals surface area contributed by atoms with E-state index in [0.29, 0.717) is 11.8 Å². The summed E-state index contributed by atoms with van der Waals surface area (Å²) in [5.41, 5.74) is 3.73. The topological polar surface area (TPSA) is 98.4 Å². The average molecular weight is 453 g/mol. The molecule has 0 radical (unpaired) electrons. The van der Waals surface area contributed by atoms with Crippen molar-refractivity contribution in [2.45, 2.75) is 70.5 Å². The van der Waals surface area contributed by atoms with Crippen LogP contribution in [-0.2, 0) is 11.2 Å². The van der Waals surface area contributed by atoms with Crippen LogP contribution in [0.3, 0.4) is 0 Å². The van der Waals surface area contributed by atoms with E-state index < -0.39 is 24.6 Å². The SMILES string of the molecule is CCC(C)C1CCCc2c1nn(-c1ccc(F)cc1)c2/C=C/[C@@H](O)C[C@@H](O)CC(=O)[O-].[Na+]. The number of nitrogens with zero attached hydrogens (tertiary/aromatic N) is 2. The molecule has 0 bridgehead atoms. The van der Waals surface area contributed by atoms with E-state index in [1.54, 1.807) is 29.0 Å². The summed E-state index contributed by atoms with van der Waals surface area (Å²) in [6, 6.07) is 6.12. The molecule has 1 aliphatic carbocycles. The monoisotopic (exact) mass is 452 g/mol. The third-order valence-electron chi connectivity index (χ3n) is 6.14. The third kappa shape index (κ3) is 6.51. The number of hydrogen-bond donors (Lipinski definition) is 2. The molecule has 2 aromatic rings. The Kier molecular flexibility index (Phi) is 10.1. The second kappa shape index (κ2) is 12.1. The maximum Gasteiger partial charge on any atom is 1.00 e. The number of benzene rings is 1. The van der Waals surface area contributed by atoms with Crippen LogP contribution in [0.1, 0.15) is 68.8 Å². The fourth-order valence-corrected chi connectivity index (χ4v) is 4.29. The summed E-state index contributed by atoms with van der Waals surface area (Å²) in [6.07, 6.45) is 4.52. The molecule has 0 aliphatic heterocycles. The normalized spacial score (nSPS) is 18.6. The number of carboxylic acids is 1. The first-order valence-corrected chi connectivity index (χ1v) is 10.9. The van der Waals surface area contributed by atoms with Gasteiger partial charge >= 0.3 is 29.6 Å². The number of halogens is 1. The molecular formula is C24H30FN2NaO4. The van der Waals surface area contributed by atoms with E-state index in [0.717, 1.165) is 48.3 Å². The van der Waals surface area contributed by atoms with Crippen LogP contribution in [0.15, 0.2) is 30.3 Å². The number of hydrogen-bond acceptors (Lipinski definition) is 5. The van der Waals surface area contributed by atoms with Gasteiger partial charge in [0, 0.05) is 30.3 Å². The molecule has 1 aliphatic rings.